The molecule has 1 aliphatic carbocycles. The molecule has 2 aromatic rings. The molecular formula is C13H14IN5O3. The van der Waals surface area contributed by atoms with Gasteiger partial charge in [-0.3, -0.25) is 9.63 Å². The Balaban J connectivity index is 1.82. The number of hydroxylamine groups is 1. The molecule has 0 atom stereocenters. The molecule has 1 aliphatic rings. The lowest BCUT2D eigenvalue weighted by molar-refractivity contribution is -0.135. The number of carbonyl (C=O) groups is 1. The van der Waals surface area contributed by atoms with Gasteiger partial charge >= 0.3 is 5.69 Å². The number of hydrogen-bond acceptors (Lipinski definition) is 5. The fourth-order valence-electron chi connectivity index (χ4n) is 1.96. The monoisotopic (exact) mass is 415 g/mol. The molecular weight excluding hydrogens is 401 g/mol. The van der Waals surface area contributed by atoms with E-state index >= 15 is 0 Å². The SMILES string of the molecule is Cn1nnn(-c2cccc(I)c2CONC(=O)C2CC2)c1=O. The zero-order chi connectivity index (χ0) is 15.7. The number of rotatable bonds is 5. The quantitative estimate of drug-likeness (QED) is 0.569. The Bertz CT molecular complexity index is 765. The Labute approximate surface area is 139 Å². The van der Waals surface area contributed by atoms with Gasteiger partial charge in [0.1, 0.15) is 6.61 Å². The fraction of sp³-hybridized carbons (Fsp3) is 0.385. The maximum atomic E-state index is 12.0. The lowest BCUT2D eigenvalue weighted by Crippen LogP contribution is -2.26. The van der Waals surface area contributed by atoms with E-state index in [9.17, 15) is 9.59 Å². The highest BCUT2D eigenvalue weighted by Crippen LogP contribution is 2.28. The second kappa shape index (κ2) is 6.16. The van der Waals surface area contributed by atoms with Crippen molar-refractivity contribution in [2.45, 2.75) is 19.4 Å². The van der Waals surface area contributed by atoms with Crippen LogP contribution in [0.25, 0.3) is 5.69 Å². The zero-order valence-electron chi connectivity index (χ0n) is 11.8. The van der Waals surface area contributed by atoms with E-state index in [0.717, 1.165) is 26.7 Å². The minimum Gasteiger partial charge on any atom is -0.273 e. The normalized spacial score (nSPS) is 14.1. The first-order valence-corrected chi connectivity index (χ1v) is 7.84. The van der Waals surface area contributed by atoms with Gasteiger partial charge in [0.25, 0.3) is 0 Å². The van der Waals surface area contributed by atoms with Crippen molar-refractivity contribution in [3.63, 3.8) is 0 Å². The van der Waals surface area contributed by atoms with E-state index < -0.39 is 0 Å². The number of aryl methyl sites for hydroxylation is 1. The number of nitrogens with one attached hydrogen (secondary N) is 1. The first-order chi connectivity index (χ1) is 10.6. The molecule has 1 aromatic heterocycles. The molecule has 1 saturated carbocycles. The summed E-state index contributed by atoms with van der Waals surface area (Å²) in [6.45, 7) is 0.149. The van der Waals surface area contributed by atoms with Crippen molar-refractivity contribution in [2.24, 2.45) is 13.0 Å². The maximum absolute atomic E-state index is 12.0. The highest BCUT2D eigenvalue weighted by Gasteiger charge is 2.29. The molecule has 0 bridgehead atoms. The van der Waals surface area contributed by atoms with Crippen LogP contribution in [0.2, 0.25) is 0 Å². The van der Waals surface area contributed by atoms with Crippen LogP contribution in [0.1, 0.15) is 18.4 Å². The van der Waals surface area contributed by atoms with Crippen LogP contribution in [0, 0.1) is 9.49 Å². The zero-order valence-corrected chi connectivity index (χ0v) is 14.0. The fourth-order valence-corrected chi connectivity index (χ4v) is 2.60. The van der Waals surface area contributed by atoms with Crippen LogP contribution >= 0.6 is 22.6 Å². The van der Waals surface area contributed by atoms with Gasteiger partial charge in [-0.05, 0) is 58.0 Å². The van der Waals surface area contributed by atoms with Gasteiger partial charge in [0.15, 0.2) is 0 Å². The number of hydrogen-bond donors (Lipinski definition) is 1. The van der Waals surface area contributed by atoms with Gasteiger partial charge < -0.3 is 0 Å². The second-order valence-corrected chi connectivity index (χ2v) is 6.23. The molecule has 9 heteroatoms. The molecule has 8 nitrogen and oxygen atoms in total. The summed E-state index contributed by atoms with van der Waals surface area (Å²) in [7, 11) is 1.53. The molecule has 0 unspecified atom stereocenters. The third-order valence-corrected chi connectivity index (χ3v) is 4.39. The lowest BCUT2D eigenvalue weighted by atomic mass is 10.2. The van der Waals surface area contributed by atoms with E-state index in [1.54, 1.807) is 6.07 Å². The van der Waals surface area contributed by atoms with Crippen molar-refractivity contribution in [3.05, 3.63) is 37.8 Å². The Morgan fingerprint density at radius 3 is 2.86 bits per heavy atom. The summed E-state index contributed by atoms with van der Waals surface area (Å²) < 4.78 is 3.27. The van der Waals surface area contributed by atoms with Crippen molar-refractivity contribution in [2.75, 3.05) is 0 Å². The first-order valence-electron chi connectivity index (χ1n) is 6.76. The number of amides is 1. The Morgan fingerprint density at radius 1 is 1.45 bits per heavy atom. The average Bonchev–Trinajstić information content (AvgIpc) is 3.29. The van der Waals surface area contributed by atoms with Gasteiger partial charge in [-0.1, -0.05) is 6.07 Å². The highest BCUT2D eigenvalue weighted by molar-refractivity contribution is 14.1. The number of benzene rings is 1. The topological polar surface area (TPSA) is 91.0 Å². The Hall–Kier alpha value is -1.75. The Morgan fingerprint density at radius 2 is 2.23 bits per heavy atom. The van der Waals surface area contributed by atoms with E-state index in [4.69, 9.17) is 4.84 Å². The predicted octanol–water partition coefficient (Wildman–Crippen LogP) is 0.528. The molecule has 22 heavy (non-hydrogen) atoms. The number of tetrazole rings is 1. The minimum absolute atomic E-state index is 0.0805. The predicted molar refractivity (Wildman–Crippen MR) is 85.0 cm³/mol. The summed E-state index contributed by atoms with van der Waals surface area (Å²) in [6.07, 6.45) is 1.83. The number of nitrogens with zero attached hydrogens (tertiary/aromatic N) is 4. The number of aromatic nitrogens is 4. The first kappa shape index (κ1) is 15.2. The smallest absolute Gasteiger partial charge is 0.273 e. The summed E-state index contributed by atoms with van der Waals surface area (Å²) >= 11 is 2.15. The highest BCUT2D eigenvalue weighted by atomic mass is 127. The minimum atomic E-state index is -0.342. The van der Waals surface area contributed by atoms with Crippen molar-refractivity contribution in [1.29, 1.82) is 0 Å². The van der Waals surface area contributed by atoms with Gasteiger partial charge in [-0.25, -0.2) is 10.3 Å². The summed E-state index contributed by atoms with van der Waals surface area (Å²) in [6, 6.07) is 5.48. The molecule has 116 valence electrons. The molecule has 1 amide bonds. The molecule has 1 fully saturated rings. The van der Waals surface area contributed by atoms with E-state index in [2.05, 4.69) is 38.5 Å². The van der Waals surface area contributed by atoms with Gasteiger partial charge in [-0.2, -0.15) is 9.36 Å². The van der Waals surface area contributed by atoms with Crippen LogP contribution in [0.3, 0.4) is 0 Å². The van der Waals surface area contributed by atoms with Crippen molar-refractivity contribution in [1.82, 2.24) is 25.3 Å². The standard InChI is InChI=1S/C13H14IN5O3/c1-18-13(21)19(17-16-18)11-4-2-3-10(14)9(11)7-22-15-12(20)8-5-6-8/h2-4,8H,5-7H2,1H3,(H,15,20). The second-order valence-electron chi connectivity index (χ2n) is 5.06. The van der Waals surface area contributed by atoms with Gasteiger partial charge in [0.05, 0.1) is 5.69 Å². The van der Waals surface area contributed by atoms with Crippen molar-refractivity contribution >= 4 is 28.5 Å². The van der Waals surface area contributed by atoms with Crippen molar-refractivity contribution < 1.29 is 9.63 Å². The molecule has 0 aliphatic heterocycles. The summed E-state index contributed by atoms with van der Waals surface area (Å²) in [4.78, 5) is 28.9. The van der Waals surface area contributed by atoms with E-state index in [-0.39, 0.29) is 24.1 Å². The summed E-state index contributed by atoms with van der Waals surface area (Å²) in [5.41, 5.74) is 3.46. The van der Waals surface area contributed by atoms with Gasteiger partial charge in [-0.15, -0.1) is 0 Å². The number of halogens is 1. The summed E-state index contributed by atoms with van der Waals surface area (Å²) in [5.74, 6) is -0.0129. The largest absolute Gasteiger partial charge is 0.368 e. The van der Waals surface area contributed by atoms with Crippen LogP contribution in [0.5, 0.6) is 0 Å². The Kier molecular flexibility index (Phi) is 4.25. The van der Waals surface area contributed by atoms with Crippen LogP contribution in [-0.4, -0.2) is 25.7 Å². The van der Waals surface area contributed by atoms with Crippen LogP contribution in [0.15, 0.2) is 23.0 Å². The molecule has 3 rings (SSSR count). The lowest BCUT2D eigenvalue weighted by Gasteiger charge is -2.11. The van der Waals surface area contributed by atoms with Crippen molar-refractivity contribution in [3.8, 4) is 5.69 Å². The molecule has 1 N–H and O–H groups in total. The van der Waals surface area contributed by atoms with Crippen LogP contribution in [0.4, 0.5) is 0 Å². The van der Waals surface area contributed by atoms with E-state index in [1.165, 1.54) is 11.7 Å². The molecule has 0 saturated heterocycles. The van der Waals surface area contributed by atoms with E-state index in [0.29, 0.717) is 5.69 Å². The molecule has 1 heterocycles. The summed E-state index contributed by atoms with van der Waals surface area (Å²) in [5, 5.41) is 7.55. The van der Waals surface area contributed by atoms with Gasteiger partial charge in [0, 0.05) is 22.1 Å². The number of carbonyl (C=O) groups excluding carboxylic acids is 1. The molecule has 0 radical (unpaired) electrons. The van der Waals surface area contributed by atoms with Gasteiger partial charge in [0.2, 0.25) is 5.91 Å². The molecule has 1 aromatic carbocycles. The van der Waals surface area contributed by atoms with Crippen LogP contribution < -0.4 is 11.2 Å². The van der Waals surface area contributed by atoms with Crippen LogP contribution in [-0.2, 0) is 23.3 Å². The maximum Gasteiger partial charge on any atom is 0.368 e. The third kappa shape index (κ3) is 3.04. The van der Waals surface area contributed by atoms with E-state index in [1.807, 2.05) is 12.1 Å². The average molecular weight is 415 g/mol. The third-order valence-electron chi connectivity index (χ3n) is 3.38. The molecule has 0 spiro atoms.